The van der Waals surface area contributed by atoms with Gasteiger partial charge in [0.15, 0.2) is 29.5 Å². The van der Waals surface area contributed by atoms with Gasteiger partial charge >= 0.3 is 29.2 Å². The van der Waals surface area contributed by atoms with E-state index < -0.39 is 118 Å². The van der Waals surface area contributed by atoms with E-state index in [9.17, 15) is 65.6 Å². The fraction of sp³-hybridized carbons (Fsp3) is 0.316. The molecule has 2 unspecified atom stereocenters. The molecule has 1 aliphatic rings. The average Bonchev–Trinajstić information content (AvgIpc) is 3.23. The second-order valence-electron chi connectivity index (χ2n) is 8.97. The molecule has 22 nitrogen and oxygen atoms in total. The molecule has 1 amide bonds. The van der Waals surface area contributed by atoms with Crippen LogP contribution in [0.5, 0.6) is 0 Å². The fourth-order valence-electron chi connectivity index (χ4n) is 3.75. The van der Waals surface area contributed by atoms with Crippen molar-refractivity contribution in [2.24, 2.45) is 5.11 Å². The summed E-state index contributed by atoms with van der Waals surface area (Å²) in [6.45, 7) is -1.90. The predicted molar refractivity (Wildman–Crippen MR) is 144 cm³/mol. The van der Waals surface area contributed by atoms with Gasteiger partial charge in [-0.05, 0) is 5.53 Å². The van der Waals surface area contributed by atoms with Crippen LogP contribution in [0.1, 0.15) is 22.1 Å². The van der Waals surface area contributed by atoms with Crippen LogP contribution in [0.3, 0.4) is 0 Å². The van der Waals surface area contributed by atoms with Gasteiger partial charge in [0, 0.05) is 17.7 Å². The summed E-state index contributed by atoms with van der Waals surface area (Å²) in [4.78, 5) is 76.5. The molecule has 0 spiro atoms. The number of halogens is 4. The third-order valence-corrected chi connectivity index (χ3v) is 9.52. The zero-order valence-corrected chi connectivity index (χ0v) is 25.5. The lowest BCUT2D eigenvalue weighted by atomic mass is 10.1. The molecule has 2 aromatic rings. The maximum atomic E-state index is 14.2. The summed E-state index contributed by atoms with van der Waals surface area (Å²) < 4.78 is 107. The summed E-state index contributed by atoms with van der Waals surface area (Å²) in [5, 5.41) is 25.0. The number of azide groups is 1. The highest BCUT2D eigenvalue weighted by molar-refractivity contribution is 7.66. The van der Waals surface area contributed by atoms with Gasteiger partial charge in [-0.1, -0.05) is 17.3 Å². The van der Waals surface area contributed by atoms with Gasteiger partial charge in [0.25, 0.3) is 11.5 Å². The van der Waals surface area contributed by atoms with Gasteiger partial charge in [-0.15, -0.1) is 0 Å². The van der Waals surface area contributed by atoms with Gasteiger partial charge in [-0.2, -0.15) is 8.62 Å². The molecule has 0 bridgehead atoms. The van der Waals surface area contributed by atoms with Gasteiger partial charge in [0.05, 0.1) is 12.2 Å². The number of rotatable bonds is 13. The van der Waals surface area contributed by atoms with Crippen molar-refractivity contribution >= 4 is 41.1 Å². The first-order valence-electron chi connectivity index (χ1n) is 12.1. The van der Waals surface area contributed by atoms with Crippen molar-refractivity contribution < 1.29 is 83.7 Å². The van der Waals surface area contributed by atoms with E-state index in [1.165, 1.54) is 0 Å². The van der Waals surface area contributed by atoms with E-state index in [4.69, 9.17) is 20.1 Å². The van der Waals surface area contributed by atoms with Crippen molar-refractivity contribution in [2.75, 3.05) is 13.2 Å². The molecule has 48 heavy (non-hydrogen) atoms. The molecule has 1 aliphatic heterocycles. The number of ether oxygens (including phenoxy) is 1. The monoisotopic (exact) mass is 756 g/mol. The van der Waals surface area contributed by atoms with Crippen LogP contribution < -0.4 is 16.6 Å². The summed E-state index contributed by atoms with van der Waals surface area (Å²) in [5.41, 5.74) is 2.13. The van der Waals surface area contributed by atoms with E-state index in [0.29, 0.717) is 4.57 Å². The first-order chi connectivity index (χ1) is 22.1. The fourth-order valence-corrected chi connectivity index (χ4v) is 6.78. The number of nitrogens with zero attached hydrogens (tertiary/aromatic N) is 4. The number of aromatic nitrogens is 2. The molecule has 2 heterocycles. The lowest BCUT2D eigenvalue weighted by Gasteiger charge is -2.19. The van der Waals surface area contributed by atoms with Gasteiger partial charge in [0.1, 0.15) is 29.6 Å². The Balaban J connectivity index is 1.73. The molecule has 1 saturated heterocycles. The van der Waals surface area contributed by atoms with E-state index in [2.05, 4.69) is 18.3 Å². The van der Waals surface area contributed by atoms with Crippen molar-refractivity contribution in [2.45, 2.75) is 24.5 Å². The Labute approximate surface area is 260 Å². The highest BCUT2D eigenvalue weighted by Crippen LogP contribution is 2.66. The minimum Gasteiger partial charge on any atom is -0.387 e. The molecule has 1 fully saturated rings. The molecule has 264 valence electrons. The molecule has 8 N–H and O–H groups in total. The van der Waals surface area contributed by atoms with Crippen LogP contribution in [0.25, 0.3) is 16.5 Å². The van der Waals surface area contributed by atoms with E-state index in [1.807, 2.05) is 10.2 Å². The maximum absolute atomic E-state index is 14.2. The first kappa shape index (κ1) is 38.9. The largest absolute Gasteiger partial charge is 0.490 e. The Bertz CT molecular complexity index is 1920. The van der Waals surface area contributed by atoms with Gasteiger partial charge < -0.3 is 39.8 Å². The van der Waals surface area contributed by atoms with Crippen LogP contribution in [0, 0.1) is 23.3 Å². The minimum atomic E-state index is -5.89. The Kier molecular flexibility index (Phi) is 12.1. The average molecular weight is 756 g/mol. The number of hydrogen-bond acceptors (Lipinski definition) is 13. The number of hydrogen-bond donors (Lipinski definition) is 8. The number of aliphatic hydroxyl groups excluding tert-OH is 2. The lowest BCUT2D eigenvalue weighted by Crippen LogP contribution is -2.38. The molecule has 29 heteroatoms. The number of carbonyl (C=O) groups is 1. The SMILES string of the molecule is [N-]=[N+]=Nc1c(F)c(F)c(C(=O)NC/C=C/c2cn([C@@H]3O[C@H](COP(=O)(O)OP(=O)(O)OP(=O)(O)O)[C@@H](O)[C@H]3O)c(=O)[nH]c2=O)c(F)c1F. The van der Waals surface area contributed by atoms with E-state index in [-0.39, 0.29) is 0 Å². The molecular formula is C19H19F4N6O16P3. The second kappa shape index (κ2) is 14.9. The summed E-state index contributed by atoms with van der Waals surface area (Å²) in [6, 6.07) is 0. The first-order valence-corrected chi connectivity index (χ1v) is 16.6. The molecule has 0 saturated carbocycles. The number of benzene rings is 1. The third-order valence-electron chi connectivity index (χ3n) is 5.71. The Morgan fingerprint density at radius 1 is 1.04 bits per heavy atom. The molecule has 0 aliphatic carbocycles. The Hall–Kier alpha value is -3.57. The number of amides is 1. The molecule has 6 atom stereocenters. The van der Waals surface area contributed by atoms with Crippen molar-refractivity contribution in [1.29, 1.82) is 0 Å². The van der Waals surface area contributed by atoms with E-state index in [1.54, 1.807) is 4.98 Å². The van der Waals surface area contributed by atoms with Crippen LogP contribution in [0.15, 0.2) is 27.0 Å². The third kappa shape index (κ3) is 9.31. The predicted octanol–water partition coefficient (Wildman–Crippen LogP) is 0.440. The molecule has 0 radical (unpaired) electrons. The number of carbonyl (C=O) groups excluding carboxylic acids is 1. The molecule has 1 aromatic carbocycles. The number of phosphoric acid groups is 3. The number of H-pyrrole nitrogens is 1. The summed E-state index contributed by atoms with van der Waals surface area (Å²) in [6.07, 6.45) is -5.14. The smallest absolute Gasteiger partial charge is 0.387 e. The summed E-state index contributed by atoms with van der Waals surface area (Å²) >= 11 is 0. The molecular weight excluding hydrogens is 737 g/mol. The van der Waals surface area contributed by atoms with E-state index in [0.717, 1.165) is 18.3 Å². The van der Waals surface area contributed by atoms with Crippen molar-refractivity contribution in [1.82, 2.24) is 14.9 Å². The summed E-state index contributed by atoms with van der Waals surface area (Å²) in [7, 11) is -17.3. The Morgan fingerprint density at radius 3 is 2.21 bits per heavy atom. The van der Waals surface area contributed by atoms with Crippen LogP contribution in [-0.2, 0) is 31.6 Å². The van der Waals surface area contributed by atoms with E-state index >= 15 is 0 Å². The maximum Gasteiger partial charge on any atom is 0.490 e. The number of phosphoric ester groups is 1. The lowest BCUT2D eigenvalue weighted by molar-refractivity contribution is -0.0542. The van der Waals surface area contributed by atoms with Gasteiger partial charge in [0.2, 0.25) is 0 Å². The standard InChI is InChI=1S/C19H19F4N6O16P3/c20-9-8(10(21)12(23)13(11(9)22)27-28-24)17(33)25-3-1-2-6-4-29(19(34)26-16(6)32)18-15(31)14(30)7(43-18)5-42-47(38,39)45-48(40,41)44-46(35,36)37/h1-2,4,7,14-15,18,30-31H,3,5H2,(H,25,33)(H,38,39)(H,40,41)(H,26,32,34)(H2,35,36,37)/b2-1+/t7-,14-,15-,18-/m1/s1. The minimum absolute atomic E-state index is 0.431. The zero-order valence-electron chi connectivity index (χ0n) is 22.9. The molecule has 1 aromatic heterocycles. The second-order valence-corrected chi connectivity index (χ2v) is 13.4. The topological polar surface area (TPSA) is 342 Å². The van der Waals surface area contributed by atoms with Crippen LogP contribution in [0.2, 0.25) is 0 Å². The van der Waals surface area contributed by atoms with Gasteiger partial charge in [-0.25, -0.2) is 36.1 Å². The van der Waals surface area contributed by atoms with Crippen LogP contribution in [0.4, 0.5) is 23.2 Å². The quantitative estimate of drug-likeness (QED) is 0.0343. The van der Waals surface area contributed by atoms with Crippen LogP contribution in [-0.4, -0.2) is 76.7 Å². The zero-order chi connectivity index (χ0) is 36.4. The summed E-state index contributed by atoms with van der Waals surface area (Å²) in [5.74, 6) is -10.4. The van der Waals surface area contributed by atoms with Crippen molar-refractivity contribution in [3.05, 3.63) is 77.9 Å². The number of aliphatic hydroxyl groups is 2. The normalized spacial score (nSPS) is 22.2. The number of nitrogens with one attached hydrogen (secondary N) is 2. The van der Waals surface area contributed by atoms with Gasteiger partial charge in [-0.3, -0.25) is 23.7 Å². The highest BCUT2D eigenvalue weighted by atomic mass is 31.3. The Morgan fingerprint density at radius 2 is 1.65 bits per heavy atom. The van der Waals surface area contributed by atoms with Crippen LogP contribution >= 0.6 is 23.5 Å². The number of aromatic amines is 1. The highest BCUT2D eigenvalue weighted by Gasteiger charge is 2.47. The van der Waals surface area contributed by atoms with Crippen molar-refractivity contribution in [3.63, 3.8) is 0 Å². The molecule has 3 rings (SSSR count). The van der Waals surface area contributed by atoms with Crippen molar-refractivity contribution in [3.8, 4) is 0 Å².